The maximum atomic E-state index is 5.98. The summed E-state index contributed by atoms with van der Waals surface area (Å²) in [6.07, 6.45) is 1.22. The molecule has 0 bridgehead atoms. The first-order valence-corrected chi connectivity index (χ1v) is 5.93. The second-order valence-electron chi connectivity index (χ2n) is 2.75. The Morgan fingerprint density at radius 1 is 1.00 bits per heavy atom. The molecule has 0 radical (unpaired) electrons. The molecule has 0 aliphatic heterocycles. The average molecular weight is 292 g/mol. The summed E-state index contributed by atoms with van der Waals surface area (Å²) >= 11 is 29.0. The van der Waals surface area contributed by atoms with E-state index in [9.17, 15) is 0 Å². The van der Waals surface area contributed by atoms with E-state index in [4.69, 9.17) is 58.0 Å². The van der Waals surface area contributed by atoms with Gasteiger partial charge < -0.3 is 0 Å². The second-order valence-corrected chi connectivity index (χ2v) is 5.22. The van der Waals surface area contributed by atoms with Gasteiger partial charge in [0.2, 0.25) is 0 Å². The highest BCUT2D eigenvalue weighted by Gasteiger charge is 2.10. The van der Waals surface area contributed by atoms with Crippen molar-refractivity contribution >= 4 is 58.0 Å². The maximum Gasteiger partial charge on any atom is 0.108 e. The normalized spacial score (nSPS) is 11.0. The predicted octanol–water partition coefficient (Wildman–Crippen LogP) is 5.38. The van der Waals surface area contributed by atoms with E-state index in [1.54, 1.807) is 12.1 Å². The minimum atomic E-state index is -0.416. The van der Waals surface area contributed by atoms with Crippen LogP contribution < -0.4 is 0 Å². The number of alkyl halides is 2. The standard InChI is InChI=1S/C9H7Cl5/c10-6-2-3-7(11)9(14)5(6)1-4-8(12)13/h2-3,8H,1,4H2. The van der Waals surface area contributed by atoms with Crippen LogP contribution in [0.4, 0.5) is 0 Å². The third-order valence-electron chi connectivity index (χ3n) is 1.75. The van der Waals surface area contributed by atoms with Crippen LogP contribution in [-0.2, 0) is 6.42 Å². The third kappa shape index (κ3) is 3.36. The molecule has 14 heavy (non-hydrogen) atoms. The molecule has 0 atom stereocenters. The quantitative estimate of drug-likeness (QED) is 0.518. The molecule has 0 saturated carbocycles. The van der Waals surface area contributed by atoms with E-state index in [1.165, 1.54) is 0 Å². The van der Waals surface area contributed by atoms with Gasteiger partial charge in [-0.15, -0.1) is 23.2 Å². The monoisotopic (exact) mass is 290 g/mol. The number of halogens is 5. The molecule has 0 heterocycles. The lowest BCUT2D eigenvalue weighted by Crippen LogP contribution is -1.94. The summed E-state index contributed by atoms with van der Waals surface area (Å²) < 4.78 is 0. The zero-order valence-electron chi connectivity index (χ0n) is 7.04. The SMILES string of the molecule is Clc1ccc(Cl)c(CCC(Cl)Cl)c1Cl. The lowest BCUT2D eigenvalue weighted by atomic mass is 10.1. The Balaban J connectivity index is 2.89. The Labute approximate surface area is 108 Å². The number of rotatable bonds is 3. The molecule has 1 rings (SSSR count). The van der Waals surface area contributed by atoms with Crippen molar-refractivity contribution in [2.45, 2.75) is 17.7 Å². The largest absolute Gasteiger partial charge is 0.108 e. The molecule has 0 aliphatic carbocycles. The van der Waals surface area contributed by atoms with Gasteiger partial charge in [0.05, 0.1) is 10.0 Å². The zero-order valence-corrected chi connectivity index (χ0v) is 10.8. The summed E-state index contributed by atoms with van der Waals surface area (Å²) in [6.45, 7) is 0. The van der Waals surface area contributed by atoms with Crippen LogP contribution in [0.15, 0.2) is 12.1 Å². The molecular weight excluding hydrogens is 285 g/mol. The van der Waals surface area contributed by atoms with E-state index in [1.807, 2.05) is 0 Å². The summed E-state index contributed by atoms with van der Waals surface area (Å²) in [5.74, 6) is 0. The summed E-state index contributed by atoms with van der Waals surface area (Å²) in [6, 6.07) is 3.37. The van der Waals surface area contributed by atoms with Crippen LogP contribution >= 0.6 is 58.0 Å². The molecule has 0 aromatic heterocycles. The Kier molecular flexibility index (Phi) is 5.16. The van der Waals surface area contributed by atoms with Gasteiger partial charge in [0.1, 0.15) is 4.84 Å². The first kappa shape index (κ1) is 12.7. The topological polar surface area (TPSA) is 0 Å². The lowest BCUT2D eigenvalue weighted by molar-refractivity contribution is 0.893. The van der Waals surface area contributed by atoms with E-state index in [0.717, 1.165) is 5.56 Å². The summed E-state index contributed by atoms with van der Waals surface area (Å²) in [5.41, 5.74) is 0.798. The molecule has 0 saturated heterocycles. The van der Waals surface area contributed by atoms with E-state index >= 15 is 0 Å². The van der Waals surface area contributed by atoms with E-state index in [2.05, 4.69) is 0 Å². The highest BCUT2D eigenvalue weighted by molar-refractivity contribution is 6.45. The van der Waals surface area contributed by atoms with Crippen LogP contribution in [0.2, 0.25) is 15.1 Å². The fourth-order valence-corrected chi connectivity index (χ4v) is 2.01. The Morgan fingerprint density at radius 2 is 1.57 bits per heavy atom. The van der Waals surface area contributed by atoms with Gasteiger partial charge in [-0.25, -0.2) is 0 Å². The van der Waals surface area contributed by atoms with Gasteiger partial charge in [0.25, 0.3) is 0 Å². The molecule has 1 aromatic rings. The Morgan fingerprint density at radius 3 is 2.14 bits per heavy atom. The van der Waals surface area contributed by atoms with Gasteiger partial charge in [-0.3, -0.25) is 0 Å². The third-order valence-corrected chi connectivity index (χ3v) is 3.39. The van der Waals surface area contributed by atoms with Crippen LogP contribution in [-0.4, -0.2) is 4.84 Å². The molecule has 78 valence electrons. The lowest BCUT2D eigenvalue weighted by Gasteiger charge is -2.08. The van der Waals surface area contributed by atoms with Gasteiger partial charge in [0, 0.05) is 5.02 Å². The zero-order chi connectivity index (χ0) is 10.7. The van der Waals surface area contributed by atoms with Crippen molar-refractivity contribution in [3.05, 3.63) is 32.8 Å². The van der Waals surface area contributed by atoms with Crippen molar-refractivity contribution in [1.82, 2.24) is 0 Å². The van der Waals surface area contributed by atoms with Gasteiger partial charge in [-0.2, -0.15) is 0 Å². The highest BCUT2D eigenvalue weighted by atomic mass is 35.5. The van der Waals surface area contributed by atoms with Crippen LogP contribution in [0.1, 0.15) is 12.0 Å². The van der Waals surface area contributed by atoms with Crippen molar-refractivity contribution in [2.24, 2.45) is 0 Å². The summed E-state index contributed by atoms with van der Waals surface area (Å²) in [4.78, 5) is -0.416. The van der Waals surface area contributed by atoms with Gasteiger partial charge in [0.15, 0.2) is 0 Å². The Bertz CT molecular complexity index is 321. The number of benzene rings is 1. The van der Waals surface area contributed by atoms with Crippen LogP contribution in [0.25, 0.3) is 0 Å². The fraction of sp³-hybridized carbons (Fsp3) is 0.333. The van der Waals surface area contributed by atoms with Crippen molar-refractivity contribution in [2.75, 3.05) is 0 Å². The van der Waals surface area contributed by atoms with Crippen LogP contribution in [0, 0.1) is 0 Å². The molecule has 5 heteroatoms. The maximum absolute atomic E-state index is 5.98. The minimum absolute atomic E-state index is 0.416. The van der Waals surface area contributed by atoms with Crippen molar-refractivity contribution in [1.29, 1.82) is 0 Å². The first-order valence-electron chi connectivity index (χ1n) is 3.93. The highest BCUT2D eigenvalue weighted by Crippen LogP contribution is 2.32. The molecule has 0 nitrogen and oxygen atoms in total. The molecule has 0 fully saturated rings. The number of hydrogen-bond donors (Lipinski definition) is 0. The second kappa shape index (κ2) is 5.67. The van der Waals surface area contributed by atoms with Crippen LogP contribution in [0.3, 0.4) is 0 Å². The van der Waals surface area contributed by atoms with Crippen LogP contribution in [0.5, 0.6) is 0 Å². The summed E-state index contributed by atoms with van der Waals surface area (Å²) in [7, 11) is 0. The van der Waals surface area contributed by atoms with E-state index in [-0.39, 0.29) is 0 Å². The van der Waals surface area contributed by atoms with E-state index < -0.39 is 4.84 Å². The molecule has 0 spiro atoms. The van der Waals surface area contributed by atoms with Crippen molar-refractivity contribution in [3.8, 4) is 0 Å². The molecule has 0 N–H and O–H groups in total. The molecule has 0 unspecified atom stereocenters. The first-order chi connectivity index (χ1) is 6.52. The van der Waals surface area contributed by atoms with Gasteiger partial charge in [-0.1, -0.05) is 34.8 Å². The fourth-order valence-electron chi connectivity index (χ4n) is 1.05. The van der Waals surface area contributed by atoms with Crippen molar-refractivity contribution in [3.63, 3.8) is 0 Å². The Hall–Kier alpha value is 0.670. The minimum Gasteiger partial charge on any atom is -0.105 e. The summed E-state index contributed by atoms with van der Waals surface area (Å²) in [5, 5.41) is 1.56. The molecule has 0 amide bonds. The van der Waals surface area contributed by atoms with Gasteiger partial charge in [-0.05, 0) is 30.5 Å². The van der Waals surface area contributed by atoms with Gasteiger partial charge >= 0.3 is 0 Å². The molecule has 0 aliphatic rings. The molecular formula is C9H7Cl5. The molecule has 1 aromatic carbocycles. The van der Waals surface area contributed by atoms with Crippen molar-refractivity contribution < 1.29 is 0 Å². The average Bonchev–Trinajstić information content (AvgIpc) is 2.11. The van der Waals surface area contributed by atoms with E-state index in [0.29, 0.717) is 27.9 Å². The smallest absolute Gasteiger partial charge is 0.105 e. The number of hydrogen-bond acceptors (Lipinski definition) is 0. The predicted molar refractivity (Wildman–Crippen MR) is 65.3 cm³/mol.